The van der Waals surface area contributed by atoms with Crippen LogP contribution < -0.4 is 5.31 Å². The van der Waals surface area contributed by atoms with Gasteiger partial charge in [-0.05, 0) is 24.3 Å². The number of halogens is 2. The van der Waals surface area contributed by atoms with Crippen LogP contribution in [0.3, 0.4) is 0 Å². The number of aliphatic imine (C=N–C) groups is 1. The second-order valence-electron chi connectivity index (χ2n) is 4.42. The van der Waals surface area contributed by atoms with Crippen molar-refractivity contribution in [2.45, 2.75) is 6.23 Å². The van der Waals surface area contributed by atoms with Crippen molar-refractivity contribution in [3.63, 3.8) is 0 Å². The summed E-state index contributed by atoms with van der Waals surface area (Å²) in [5.74, 6) is -0.773. The van der Waals surface area contributed by atoms with E-state index < -0.39 is 12.1 Å². The van der Waals surface area contributed by atoms with Crippen molar-refractivity contribution >= 4 is 40.5 Å². The molecule has 6 heteroatoms. The van der Waals surface area contributed by atoms with Crippen LogP contribution in [0.15, 0.2) is 47.5 Å². The van der Waals surface area contributed by atoms with E-state index in [1.54, 1.807) is 42.5 Å². The zero-order valence-electron chi connectivity index (χ0n) is 12.6. The Bertz CT molecular complexity index is 814. The molecule has 4 nitrogen and oxygen atoms in total. The molecule has 0 spiro atoms. The van der Waals surface area contributed by atoms with Gasteiger partial charge in [-0.15, -0.1) is 0 Å². The van der Waals surface area contributed by atoms with E-state index in [0.29, 0.717) is 32.2 Å². The minimum absolute atomic E-state index is 0.289. The SMILES string of the molecule is [2H]OC1N=C(c2ccccc2Cl)c2cc(Cl)ccc2N([2H])C1=O. The molecule has 0 aromatic heterocycles. The van der Waals surface area contributed by atoms with Gasteiger partial charge in [-0.25, -0.2) is 4.99 Å². The minimum Gasteiger partial charge on any atom is -0.364 e. The van der Waals surface area contributed by atoms with E-state index in [4.69, 9.17) is 26.0 Å². The van der Waals surface area contributed by atoms with Gasteiger partial charge in [0.2, 0.25) is 7.66 Å². The number of aliphatic hydroxyl groups excluding tert-OH is 1. The normalized spacial score (nSPS) is 19.3. The summed E-state index contributed by atoms with van der Waals surface area (Å²) in [4.78, 5) is 16.4. The number of carbonyl (C=O) groups excluding carboxylic acids is 1. The van der Waals surface area contributed by atoms with Crippen LogP contribution >= 0.6 is 23.2 Å². The zero-order valence-corrected chi connectivity index (χ0v) is 12.1. The van der Waals surface area contributed by atoms with E-state index in [0.717, 1.165) is 0 Å². The number of hydrogen-bond acceptors (Lipinski definition) is 3. The van der Waals surface area contributed by atoms with Crippen molar-refractivity contribution < 1.29 is 11.3 Å². The third kappa shape index (κ3) is 2.65. The summed E-state index contributed by atoms with van der Waals surface area (Å²) in [5.41, 5.74) is 1.66. The standard InChI is InChI=1S/C15H10Cl2N2O2/c16-8-5-6-12-10(7-8)13(19-15(21)14(20)18-12)9-3-1-2-4-11(9)17/h1-7,15,21H,(H,18,20)/i21D/hD. The Morgan fingerprint density at radius 3 is 2.81 bits per heavy atom. The lowest BCUT2D eigenvalue weighted by Crippen LogP contribution is -2.24. The molecule has 1 amide bonds. The highest BCUT2D eigenvalue weighted by atomic mass is 35.5. The Morgan fingerprint density at radius 1 is 1.24 bits per heavy atom. The molecule has 2 N–H and O–H groups in total. The predicted octanol–water partition coefficient (Wildman–Crippen LogP) is 3.10. The largest absolute Gasteiger partial charge is 0.364 e. The van der Waals surface area contributed by atoms with E-state index in [1.165, 1.54) is 0 Å². The molecule has 0 saturated heterocycles. The molecule has 2 aromatic rings. The van der Waals surface area contributed by atoms with Crippen molar-refractivity contribution in [3.8, 4) is 0 Å². The Kier molecular flexibility index (Phi) is 3.07. The van der Waals surface area contributed by atoms with Gasteiger partial charge in [0, 0.05) is 21.2 Å². The lowest BCUT2D eigenvalue weighted by atomic mass is 10.0. The van der Waals surface area contributed by atoms with Crippen LogP contribution in [-0.2, 0) is 4.79 Å². The topological polar surface area (TPSA) is 61.7 Å². The number of fused-ring (bicyclic) bond motifs is 1. The fourth-order valence-electron chi connectivity index (χ4n) is 2.08. The molecular weight excluding hydrogens is 311 g/mol. The van der Waals surface area contributed by atoms with Crippen molar-refractivity contribution in [1.29, 1.82) is 1.43 Å². The molecule has 3 rings (SSSR count). The third-order valence-corrected chi connectivity index (χ3v) is 3.60. The number of aliphatic hydroxyl groups is 1. The van der Waals surface area contributed by atoms with Gasteiger partial charge in [0.15, 0.2) is 1.41 Å². The molecule has 2 aromatic carbocycles. The van der Waals surface area contributed by atoms with Crippen molar-refractivity contribution in [2.75, 3.05) is 5.31 Å². The molecule has 0 fully saturated rings. The number of anilines is 1. The first-order chi connectivity index (χ1) is 11.0. The summed E-state index contributed by atoms with van der Waals surface area (Å²) in [6.07, 6.45) is -1.45. The maximum atomic E-state index is 12.2. The smallest absolute Gasteiger partial charge is 0.276 e. The molecule has 1 aliphatic rings. The van der Waals surface area contributed by atoms with Gasteiger partial charge in [0.25, 0.3) is 5.91 Å². The summed E-state index contributed by atoms with van der Waals surface area (Å²) < 4.78 is 15.1. The number of hydrogen-bond donors (Lipinski definition) is 2. The van der Waals surface area contributed by atoms with Crippen LogP contribution in [0, 0.1) is 0 Å². The van der Waals surface area contributed by atoms with Crippen molar-refractivity contribution in [3.05, 3.63) is 63.6 Å². The van der Waals surface area contributed by atoms with Crippen LogP contribution in [0.2, 0.25) is 11.5 Å². The molecule has 21 heavy (non-hydrogen) atoms. The predicted molar refractivity (Wildman–Crippen MR) is 83.2 cm³/mol. The summed E-state index contributed by atoms with van der Waals surface area (Å²) in [5, 5.41) is 5.88. The fraction of sp³-hybridized carbons (Fsp3) is 0.0667. The maximum absolute atomic E-state index is 12.2. The summed E-state index contributed by atoms with van der Waals surface area (Å²) in [6.45, 7) is 0. The molecule has 0 radical (unpaired) electrons. The number of amides is 1. The Hall–Kier alpha value is -1.88. The summed E-state index contributed by atoms with van der Waals surface area (Å²) in [7, 11) is 0. The molecule has 106 valence electrons. The average Bonchev–Trinajstić information content (AvgIpc) is 2.65. The quantitative estimate of drug-likeness (QED) is 0.892. The first-order valence-electron chi connectivity index (χ1n) is 6.96. The van der Waals surface area contributed by atoms with Crippen LogP contribution in [-0.4, -0.2) is 24.4 Å². The Labute approximate surface area is 134 Å². The number of nitrogens with zero attached hydrogens (tertiary/aromatic N) is 1. The van der Waals surface area contributed by atoms with Gasteiger partial charge in [-0.1, -0.05) is 41.4 Å². The Morgan fingerprint density at radius 2 is 2.05 bits per heavy atom. The Balaban J connectivity index is 2.31. The number of nitrogens with one attached hydrogen (secondary N) is 1. The number of carbonyl (C=O) groups is 1. The minimum atomic E-state index is -1.45. The van der Waals surface area contributed by atoms with Crippen molar-refractivity contribution in [1.82, 2.24) is 0 Å². The van der Waals surface area contributed by atoms with E-state index in [1.807, 2.05) is 0 Å². The van der Waals surface area contributed by atoms with Gasteiger partial charge in [-0.2, -0.15) is 0 Å². The maximum Gasteiger partial charge on any atom is 0.276 e. The highest BCUT2D eigenvalue weighted by Crippen LogP contribution is 2.29. The van der Waals surface area contributed by atoms with Crippen LogP contribution in [0.4, 0.5) is 5.69 Å². The lowest BCUT2D eigenvalue weighted by Gasteiger charge is -2.11. The number of benzene rings is 2. The van der Waals surface area contributed by atoms with E-state index in [-0.39, 0.29) is 5.69 Å². The average molecular weight is 323 g/mol. The molecule has 0 saturated carbocycles. The first kappa shape index (κ1) is 11.7. The summed E-state index contributed by atoms with van der Waals surface area (Å²) in [6, 6.07) is 11.7. The van der Waals surface area contributed by atoms with Gasteiger partial charge < -0.3 is 10.4 Å². The number of rotatable bonds is 2. The lowest BCUT2D eigenvalue weighted by molar-refractivity contribution is -0.123. The van der Waals surface area contributed by atoms with Crippen LogP contribution in [0.5, 0.6) is 0 Å². The second kappa shape index (κ2) is 5.48. The highest BCUT2D eigenvalue weighted by molar-refractivity contribution is 6.36. The molecule has 0 bridgehead atoms. The van der Waals surface area contributed by atoms with E-state index >= 15 is 0 Å². The van der Waals surface area contributed by atoms with Crippen LogP contribution in [0.25, 0.3) is 0 Å². The van der Waals surface area contributed by atoms with Gasteiger partial charge >= 0.3 is 0 Å². The van der Waals surface area contributed by atoms with Crippen LogP contribution in [0.1, 0.15) is 11.1 Å². The van der Waals surface area contributed by atoms with Gasteiger partial charge in [0.1, 0.15) is 0 Å². The first-order valence-corrected chi connectivity index (χ1v) is 6.86. The number of benzodiazepines with no additional fused rings is 1. The molecule has 0 aliphatic carbocycles. The monoisotopic (exact) mass is 322 g/mol. The van der Waals surface area contributed by atoms with Gasteiger partial charge in [0.05, 0.1) is 11.4 Å². The zero-order chi connectivity index (χ0) is 16.6. The molecule has 1 aliphatic heterocycles. The summed E-state index contributed by atoms with van der Waals surface area (Å²) >= 11 is 12.3. The molecule has 1 unspecified atom stereocenters. The van der Waals surface area contributed by atoms with Crippen molar-refractivity contribution in [2.24, 2.45) is 4.99 Å². The fourth-order valence-corrected chi connectivity index (χ4v) is 2.48. The van der Waals surface area contributed by atoms with Gasteiger partial charge in [-0.3, -0.25) is 4.79 Å². The molecule has 1 atom stereocenters. The van der Waals surface area contributed by atoms with E-state index in [2.05, 4.69) is 10.1 Å². The molecular formula is C15H10Cl2N2O2. The van der Waals surface area contributed by atoms with E-state index in [9.17, 15) is 4.79 Å². The molecule has 1 heterocycles. The third-order valence-electron chi connectivity index (χ3n) is 3.03. The highest BCUT2D eigenvalue weighted by Gasteiger charge is 2.25. The second-order valence-corrected chi connectivity index (χ2v) is 5.27.